The topological polar surface area (TPSA) is 58.6 Å². The minimum atomic E-state index is -0.505. The summed E-state index contributed by atoms with van der Waals surface area (Å²) in [5.41, 5.74) is 0.277. The monoisotopic (exact) mass is 428 g/mol. The molecular weight excluding hydrogens is 403 g/mol. The predicted molar refractivity (Wildman–Crippen MR) is 101 cm³/mol. The van der Waals surface area contributed by atoms with Crippen LogP contribution in [0.3, 0.4) is 0 Å². The van der Waals surface area contributed by atoms with Gasteiger partial charge in [-0.05, 0) is 57.2 Å². The van der Waals surface area contributed by atoms with Crippen LogP contribution in [-0.2, 0) is 16.0 Å². The van der Waals surface area contributed by atoms with Crippen LogP contribution in [0.4, 0.5) is 9.18 Å². The van der Waals surface area contributed by atoms with Crippen LogP contribution in [0.1, 0.15) is 39.2 Å². The Bertz CT molecular complexity index is 653. The molecule has 0 bridgehead atoms. The highest BCUT2D eigenvalue weighted by Gasteiger charge is 2.24. The van der Waals surface area contributed by atoms with Gasteiger partial charge in [0, 0.05) is 24.1 Å². The first-order valence-corrected chi connectivity index (χ1v) is 9.62. The van der Waals surface area contributed by atoms with E-state index in [2.05, 4.69) is 21.2 Å². The quantitative estimate of drug-likeness (QED) is 0.790. The Kier molecular flexibility index (Phi) is 7.03. The Morgan fingerprint density at radius 2 is 1.96 bits per heavy atom. The smallest absolute Gasteiger partial charge is 0.407 e. The van der Waals surface area contributed by atoms with Gasteiger partial charge >= 0.3 is 6.09 Å². The summed E-state index contributed by atoms with van der Waals surface area (Å²) < 4.78 is 19.0. The Morgan fingerprint density at radius 1 is 1.31 bits per heavy atom. The molecular formula is C19H26BrFN2O3. The number of carbonyl (C=O) groups excluding carboxylic acids is 2. The summed E-state index contributed by atoms with van der Waals surface area (Å²) in [4.78, 5) is 26.0. The lowest BCUT2D eigenvalue weighted by atomic mass is 9.96. The van der Waals surface area contributed by atoms with Crippen molar-refractivity contribution < 1.29 is 18.7 Å². The van der Waals surface area contributed by atoms with Gasteiger partial charge in [0.15, 0.2) is 0 Å². The van der Waals surface area contributed by atoms with Crippen LogP contribution in [0.25, 0.3) is 0 Å². The number of benzene rings is 1. The normalized spacial score (nSPS) is 15.7. The lowest BCUT2D eigenvalue weighted by Crippen LogP contribution is -2.42. The van der Waals surface area contributed by atoms with E-state index in [1.165, 1.54) is 12.1 Å². The second-order valence-corrected chi connectivity index (χ2v) is 8.47. The molecule has 0 aromatic heterocycles. The van der Waals surface area contributed by atoms with Gasteiger partial charge in [-0.3, -0.25) is 4.79 Å². The van der Waals surface area contributed by atoms with Crippen LogP contribution in [0.5, 0.6) is 0 Å². The molecule has 2 amide bonds. The number of hydrogen-bond acceptors (Lipinski definition) is 3. The second kappa shape index (κ2) is 8.84. The molecule has 0 radical (unpaired) electrons. The first kappa shape index (κ1) is 20.7. The van der Waals surface area contributed by atoms with Crippen LogP contribution < -0.4 is 5.32 Å². The highest BCUT2D eigenvalue weighted by Crippen LogP contribution is 2.21. The molecule has 0 spiro atoms. The van der Waals surface area contributed by atoms with Crippen LogP contribution in [0.2, 0.25) is 0 Å². The Balaban J connectivity index is 1.75. The van der Waals surface area contributed by atoms with Crippen molar-refractivity contribution in [1.29, 1.82) is 0 Å². The lowest BCUT2D eigenvalue weighted by molar-refractivity contribution is -0.131. The number of nitrogens with one attached hydrogen (secondary N) is 1. The van der Waals surface area contributed by atoms with E-state index >= 15 is 0 Å². The molecule has 0 saturated carbocycles. The molecule has 144 valence electrons. The SMILES string of the molecule is CC(C)(C)OC(=O)NCC1CCN(C(=O)Cc2ccc(F)cc2Br)CC1. The van der Waals surface area contributed by atoms with E-state index in [1.54, 1.807) is 6.07 Å². The van der Waals surface area contributed by atoms with Crippen molar-refractivity contribution in [3.8, 4) is 0 Å². The highest BCUT2D eigenvalue weighted by molar-refractivity contribution is 9.10. The molecule has 1 aliphatic heterocycles. The third-order valence-corrected chi connectivity index (χ3v) is 5.00. The molecule has 0 unspecified atom stereocenters. The second-order valence-electron chi connectivity index (χ2n) is 7.62. The highest BCUT2D eigenvalue weighted by atomic mass is 79.9. The molecule has 1 aliphatic rings. The maximum Gasteiger partial charge on any atom is 0.407 e. The summed E-state index contributed by atoms with van der Waals surface area (Å²) in [6.45, 7) is 7.37. The summed E-state index contributed by atoms with van der Waals surface area (Å²) in [7, 11) is 0. The number of halogens is 2. The summed E-state index contributed by atoms with van der Waals surface area (Å²) in [5.74, 6) is 0.0476. The standard InChI is InChI=1S/C19H26BrFN2O3/c1-19(2,3)26-18(25)22-12-13-6-8-23(9-7-13)17(24)10-14-4-5-15(21)11-16(14)20/h4-5,11,13H,6-10,12H2,1-3H3,(H,22,25). The molecule has 26 heavy (non-hydrogen) atoms. The fourth-order valence-corrected chi connectivity index (χ4v) is 3.36. The number of piperidine rings is 1. The number of carbonyl (C=O) groups is 2. The van der Waals surface area contributed by atoms with Crippen molar-refractivity contribution in [3.63, 3.8) is 0 Å². The van der Waals surface area contributed by atoms with Gasteiger partial charge in [-0.25, -0.2) is 9.18 Å². The van der Waals surface area contributed by atoms with Gasteiger partial charge in [0.05, 0.1) is 6.42 Å². The molecule has 1 aromatic rings. The van der Waals surface area contributed by atoms with Crippen LogP contribution in [-0.4, -0.2) is 42.1 Å². The minimum Gasteiger partial charge on any atom is -0.444 e. The van der Waals surface area contributed by atoms with Gasteiger partial charge in [0.1, 0.15) is 11.4 Å². The molecule has 7 heteroatoms. The van der Waals surface area contributed by atoms with Crippen LogP contribution >= 0.6 is 15.9 Å². The lowest BCUT2D eigenvalue weighted by Gasteiger charge is -2.32. The van der Waals surface area contributed by atoms with Gasteiger partial charge in [-0.1, -0.05) is 22.0 Å². The molecule has 1 fully saturated rings. The van der Waals surface area contributed by atoms with Crippen molar-refractivity contribution in [3.05, 3.63) is 34.1 Å². The molecule has 0 aliphatic carbocycles. The Morgan fingerprint density at radius 3 is 2.54 bits per heavy atom. The van der Waals surface area contributed by atoms with E-state index in [0.29, 0.717) is 30.0 Å². The number of likely N-dealkylation sites (tertiary alicyclic amines) is 1. The van der Waals surface area contributed by atoms with Crippen molar-refractivity contribution in [2.24, 2.45) is 5.92 Å². The molecule has 2 rings (SSSR count). The van der Waals surface area contributed by atoms with Gasteiger partial charge in [-0.15, -0.1) is 0 Å². The Hall–Kier alpha value is -1.63. The van der Waals surface area contributed by atoms with Crippen molar-refractivity contribution in [2.45, 2.75) is 45.6 Å². The number of alkyl carbamates (subject to hydrolysis) is 1. The fraction of sp³-hybridized carbons (Fsp3) is 0.579. The third kappa shape index (κ3) is 6.59. The van der Waals surface area contributed by atoms with E-state index in [-0.39, 0.29) is 18.1 Å². The van der Waals surface area contributed by atoms with E-state index < -0.39 is 11.7 Å². The Labute approximate surface area is 162 Å². The molecule has 1 N–H and O–H groups in total. The number of amides is 2. The maximum absolute atomic E-state index is 13.1. The summed E-state index contributed by atoms with van der Waals surface area (Å²) >= 11 is 3.30. The van der Waals surface area contributed by atoms with Crippen LogP contribution in [0.15, 0.2) is 22.7 Å². The predicted octanol–water partition coefficient (Wildman–Crippen LogP) is 3.89. The van der Waals surface area contributed by atoms with Gasteiger partial charge in [0.25, 0.3) is 0 Å². The zero-order valence-corrected chi connectivity index (χ0v) is 17.1. The molecule has 1 aromatic carbocycles. The number of nitrogens with zero attached hydrogens (tertiary/aromatic N) is 1. The minimum absolute atomic E-state index is 0.0378. The fourth-order valence-electron chi connectivity index (χ4n) is 2.87. The van der Waals surface area contributed by atoms with Crippen LogP contribution in [0, 0.1) is 11.7 Å². The van der Waals surface area contributed by atoms with E-state index in [4.69, 9.17) is 4.74 Å². The third-order valence-electron chi connectivity index (χ3n) is 4.26. The van der Waals surface area contributed by atoms with Crippen molar-refractivity contribution in [2.75, 3.05) is 19.6 Å². The van der Waals surface area contributed by atoms with Gasteiger partial charge in [0.2, 0.25) is 5.91 Å². The molecule has 0 atom stereocenters. The zero-order valence-electron chi connectivity index (χ0n) is 15.5. The summed E-state index contributed by atoms with van der Waals surface area (Å²) in [6.07, 6.45) is 1.53. The average molecular weight is 429 g/mol. The molecule has 5 nitrogen and oxygen atoms in total. The number of ether oxygens (including phenoxy) is 1. The molecule has 1 saturated heterocycles. The largest absolute Gasteiger partial charge is 0.444 e. The number of rotatable bonds is 4. The maximum atomic E-state index is 13.1. The van der Waals surface area contributed by atoms with Gasteiger partial charge in [-0.2, -0.15) is 0 Å². The average Bonchev–Trinajstić information content (AvgIpc) is 2.54. The van der Waals surface area contributed by atoms with Crippen molar-refractivity contribution in [1.82, 2.24) is 10.2 Å². The first-order chi connectivity index (χ1) is 12.1. The zero-order chi connectivity index (χ0) is 19.3. The first-order valence-electron chi connectivity index (χ1n) is 8.82. The van der Waals surface area contributed by atoms with Crippen molar-refractivity contribution >= 4 is 27.9 Å². The van der Waals surface area contributed by atoms with E-state index in [0.717, 1.165) is 18.4 Å². The van der Waals surface area contributed by atoms with Gasteiger partial charge < -0.3 is 15.0 Å². The summed E-state index contributed by atoms with van der Waals surface area (Å²) in [6, 6.07) is 4.37. The van der Waals surface area contributed by atoms with E-state index in [1.807, 2.05) is 25.7 Å². The van der Waals surface area contributed by atoms with E-state index in [9.17, 15) is 14.0 Å². The number of hydrogen-bond donors (Lipinski definition) is 1. The summed E-state index contributed by atoms with van der Waals surface area (Å²) in [5, 5.41) is 2.80. The molecule has 1 heterocycles.